The monoisotopic (exact) mass is 407 g/mol. The predicted molar refractivity (Wildman–Crippen MR) is 106 cm³/mol. The number of para-hydroxylation sites is 1. The third-order valence-corrected chi connectivity index (χ3v) is 7.05. The summed E-state index contributed by atoms with van der Waals surface area (Å²) in [6.07, 6.45) is 0.641. The second-order valence-corrected chi connectivity index (χ2v) is 9.56. The maximum Gasteiger partial charge on any atom is 0.238 e. The number of nitrogens with two attached hydrogens (primary N) is 1. The van der Waals surface area contributed by atoms with E-state index in [1.165, 1.54) is 36.0 Å². The Morgan fingerprint density at radius 3 is 2.54 bits per heavy atom. The molecule has 3 rings (SSSR count). The Hall–Kier alpha value is -1.94. The zero-order valence-electron chi connectivity index (χ0n) is 13.9. The summed E-state index contributed by atoms with van der Waals surface area (Å²) in [5, 5.41) is 7.58. The van der Waals surface area contributed by atoms with Crippen molar-refractivity contribution in [2.24, 2.45) is 5.14 Å². The number of carbonyl (C=O) groups excluding carboxylic acids is 1. The number of hydrogen-bond donors (Lipinski definition) is 2. The van der Waals surface area contributed by atoms with E-state index >= 15 is 0 Å². The number of aromatic nitrogens is 1. The summed E-state index contributed by atoms with van der Waals surface area (Å²) in [5.41, 5.74) is 1.44. The number of benzene rings is 2. The maximum absolute atomic E-state index is 12.5. The van der Waals surface area contributed by atoms with Crippen molar-refractivity contribution < 1.29 is 13.2 Å². The van der Waals surface area contributed by atoms with Gasteiger partial charge in [0.1, 0.15) is 0 Å². The molecule has 1 amide bonds. The minimum Gasteiger partial charge on any atom is -0.325 e. The largest absolute Gasteiger partial charge is 0.325 e. The molecule has 9 heteroatoms. The number of carbonyl (C=O) groups is 1. The maximum atomic E-state index is 12.5. The Balaban J connectivity index is 1.70. The Bertz CT molecular complexity index is 997. The minimum atomic E-state index is -3.75. The minimum absolute atomic E-state index is 0.00592. The van der Waals surface area contributed by atoms with Crippen LogP contribution in [0.1, 0.15) is 13.3 Å². The molecular formula is C17H17N3O3S3. The Labute approximate surface area is 159 Å². The first-order valence-electron chi connectivity index (χ1n) is 7.83. The van der Waals surface area contributed by atoms with Crippen LogP contribution in [0, 0.1) is 0 Å². The number of thioether (sulfide) groups is 1. The fourth-order valence-electron chi connectivity index (χ4n) is 2.30. The molecule has 0 saturated carbocycles. The lowest BCUT2D eigenvalue weighted by atomic mass is 10.3. The zero-order chi connectivity index (χ0) is 18.7. The first-order valence-corrected chi connectivity index (χ1v) is 11.1. The van der Waals surface area contributed by atoms with Crippen LogP contribution in [0.15, 0.2) is 57.8 Å². The van der Waals surface area contributed by atoms with Gasteiger partial charge in [0.25, 0.3) is 0 Å². The SMILES string of the molecule is CC[C@@H](Sc1nc2ccccc2s1)C(=O)Nc1ccc(S(N)(=O)=O)cc1. The average molecular weight is 408 g/mol. The highest BCUT2D eigenvalue weighted by Gasteiger charge is 2.20. The molecular weight excluding hydrogens is 390 g/mol. The molecule has 0 bridgehead atoms. The van der Waals surface area contributed by atoms with Crippen molar-refractivity contribution in [3.8, 4) is 0 Å². The summed E-state index contributed by atoms with van der Waals surface area (Å²) >= 11 is 2.99. The van der Waals surface area contributed by atoms with Crippen molar-refractivity contribution >= 4 is 54.9 Å². The van der Waals surface area contributed by atoms with Gasteiger partial charge >= 0.3 is 0 Å². The third kappa shape index (κ3) is 4.42. The van der Waals surface area contributed by atoms with E-state index in [0.29, 0.717) is 12.1 Å². The lowest BCUT2D eigenvalue weighted by molar-refractivity contribution is -0.115. The van der Waals surface area contributed by atoms with Gasteiger partial charge in [0, 0.05) is 5.69 Å². The summed E-state index contributed by atoms with van der Waals surface area (Å²) in [4.78, 5) is 17.1. The van der Waals surface area contributed by atoms with Crippen LogP contribution < -0.4 is 10.5 Å². The molecule has 6 nitrogen and oxygen atoms in total. The molecule has 136 valence electrons. The summed E-state index contributed by atoms with van der Waals surface area (Å²) in [6, 6.07) is 13.6. The van der Waals surface area contributed by atoms with E-state index < -0.39 is 10.0 Å². The topological polar surface area (TPSA) is 102 Å². The molecule has 3 aromatic rings. The fraction of sp³-hybridized carbons (Fsp3) is 0.176. The smallest absolute Gasteiger partial charge is 0.238 e. The van der Waals surface area contributed by atoms with Gasteiger partial charge in [0.15, 0.2) is 4.34 Å². The van der Waals surface area contributed by atoms with E-state index in [2.05, 4.69) is 10.3 Å². The van der Waals surface area contributed by atoms with Crippen molar-refractivity contribution in [2.75, 3.05) is 5.32 Å². The Morgan fingerprint density at radius 2 is 1.92 bits per heavy atom. The number of sulfonamides is 1. The van der Waals surface area contributed by atoms with E-state index in [0.717, 1.165) is 14.6 Å². The van der Waals surface area contributed by atoms with Gasteiger partial charge in [-0.3, -0.25) is 4.79 Å². The number of anilines is 1. The first-order chi connectivity index (χ1) is 12.4. The van der Waals surface area contributed by atoms with Crippen molar-refractivity contribution in [1.82, 2.24) is 4.98 Å². The molecule has 0 fully saturated rings. The molecule has 1 atom stereocenters. The third-order valence-electron chi connectivity index (χ3n) is 3.63. The van der Waals surface area contributed by atoms with E-state index in [4.69, 9.17) is 5.14 Å². The average Bonchev–Trinajstić information content (AvgIpc) is 3.01. The Kier molecular flexibility index (Phi) is 5.61. The van der Waals surface area contributed by atoms with Gasteiger partial charge in [-0.25, -0.2) is 18.5 Å². The molecule has 0 aliphatic carbocycles. The van der Waals surface area contributed by atoms with Crippen molar-refractivity contribution in [2.45, 2.75) is 27.8 Å². The van der Waals surface area contributed by atoms with Gasteiger partial charge in [-0.1, -0.05) is 30.8 Å². The number of fused-ring (bicyclic) bond motifs is 1. The van der Waals surface area contributed by atoms with Crippen LogP contribution in [-0.4, -0.2) is 24.6 Å². The zero-order valence-corrected chi connectivity index (χ0v) is 16.3. The number of nitrogens with one attached hydrogen (secondary N) is 1. The van der Waals surface area contributed by atoms with E-state index in [1.54, 1.807) is 11.3 Å². The number of amides is 1. The highest BCUT2D eigenvalue weighted by atomic mass is 32.2. The van der Waals surface area contributed by atoms with Crippen LogP contribution >= 0.6 is 23.1 Å². The summed E-state index contributed by atoms with van der Waals surface area (Å²) in [5.74, 6) is -0.153. The molecule has 26 heavy (non-hydrogen) atoms. The van der Waals surface area contributed by atoms with Gasteiger partial charge in [-0.15, -0.1) is 11.3 Å². The van der Waals surface area contributed by atoms with Gasteiger partial charge < -0.3 is 5.32 Å². The van der Waals surface area contributed by atoms with Gasteiger partial charge in [0.05, 0.1) is 20.4 Å². The Morgan fingerprint density at radius 1 is 1.23 bits per heavy atom. The quantitative estimate of drug-likeness (QED) is 0.609. The van der Waals surface area contributed by atoms with Crippen molar-refractivity contribution in [1.29, 1.82) is 0 Å². The van der Waals surface area contributed by atoms with E-state index in [9.17, 15) is 13.2 Å². The molecule has 0 aliphatic heterocycles. The van der Waals surface area contributed by atoms with Gasteiger partial charge in [-0.2, -0.15) is 0 Å². The lowest BCUT2D eigenvalue weighted by Gasteiger charge is -2.13. The second kappa shape index (κ2) is 7.75. The number of thiazole rings is 1. The van der Waals surface area contributed by atoms with E-state index in [-0.39, 0.29) is 16.1 Å². The van der Waals surface area contributed by atoms with Gasteiger partial charge in [-0.05, 0) is 42.8 Å². The van der Waals surface area contributed by atoms with Crippen molar-refractivity contribution in [3.63, 3.8) is 0 Å². The first kappa shape index (κ1) is 18.8. The number of nitrogens with zero attached hydrogens (tertiary/aromatic N) is 1. The lowest BCUT2D eigenvalue weighted by Crippen LogP contribution is -2.24. The molecule has 0 saturated heterocycles. The number of rotatable bonds is 6. The van der Waals surface area contributed by atoms with Crippen LogP contribution in [0.4, 0.5) is 5.69 Å². The highest BCUT2D eigenvalue weighted by molar-refractivity contribution is 8.02. The van der Waals surface area contributed by atoms with Gasteiger partial charge in [0.2, 0.25) is 15.9 Å². The van der Waals surface area contributed by atoms with Crippen LogP contribution in [-0.2, 0) is 14.8 Å². The van der Waals surface area contributed by atoms with E-state index in [1.807, 2.05) is 31.2 Å². The fourth-order valence-corrected chi connectivity index (χ4v) is 5.05. The molecule has 0 aliphatic rings. The molecule has 0 spiro atoms. The van der Waals surface area contributed by atoms with Crippen LogP contribution in [0.3, 0.4) is 0 Å². The van der Waals surface area contributed by atoms with Crippen LogP contribution in [0.2, 0.25) is 0 Å². The van der Waals surface area contributed by atoms with Crippen molar-refractivity contribution in [3.05, 3.63) is 48.5 Å². The van der Waals surface area contributed by atoms with Crippen LogP contribution in [0.25, 0.3) is 10.2 Å². The molecule has 0 unspecified atom stereocenters. The number of hydrogen-bond acceptors (Lipinski definition) is 6. The molecule has 1 aromatic heterocycles. The summed E-state index contributed by atoms with van der Waals surface area (Å²) in [7, 11) is -3.75. The predicted octanol–water partition coefficient (Wildman–Crippen LogP) is 3.45. The standard InChI is InChI=1S/C17H17N3O3S3/c1-2-14(24-17-20-13-5-3-4-6-15(13)25-17)16(21)19-11-7-9-12(10-8-11)26(18,22)23/h3-10,14H,2H2,1H3,(H,19,21)(H2,18,22,23)/t14-/m1/s1. The summed E-state index contributed by atoms with van der Waals surface area (Å²) in [6.45, 7) is 1.94. The second-order valence-electron chi connectivity index (χ2n) is 5.52. The molecule has 3 N–H and O–H groups in total. The molecule has 1 heterocycles. The number of primary sulfonamides is 1. The highest BCUT2D eigenvalue weighted by Crippen LogP contribution is 2.33. The molecule has 2 aromatic carbocycles. The normalized spacial score (nSPS) is 12.8. The summed E-state index contributed by atoms with van der Waals surface area (Å²) < 4.78 is 24.5. The van der Waals surface area contributed by atoms with Crippen LogP contribution in [0.5, 0.6) is 0 Å². The molecule has 0 radical (unpaired) electrons.